The molecule has 0 unspecified atom stereocenters. The van der Waals surface area contributed by atoms with Gasteiger partial charge in [-0.2, -0.15) is 5.26 Å². The van der Waals surface area contributed by atoms with Crippen molar-refractivity contribution in [1.82, 2.24) is 4.72 Å². The van der Waals surface area contributed by atoms with E-state index in [2.05, 4.69) is 4.72 Å². The van der Waals surface area contributed by atoms with E-state index in [-0.39, 0.29) is 17.1 Å². The Morgan fingerprint density at radius 3 is 2.37 bits per heavy atom. The number of benzene rings is 1. The van der Waals surface area contributed by atoms with Gasteiger partial charge in [0, 0.05) is 0 Å². The first-order valence-electron chi connectivity index (χ1n) is 6.08. The van der Waals surface area contributed by atoms with Crippen LogP contribution < -0.4 is 4.72 Å². The van der Waals surface area contributed by atoms with Gasteiger partial charge in [-0.25, -0.2) is 13.1 Å². The minimum atomic E-state index is -3.83. The predicted octanol–water partition coefficient (Wildman–Crippen LogP) is 1.39. The lowest BCUT2D eigenvalue weighted by Gasteiger charge is -2.30. The lowest BCUT2D eigenvalue weighted by molar-refractivity contribution is 0.172. The molecule has 1 aromatic carbocycles. The smallest absolute Gasteiger partial charge is 0.242 e. The van der Waals surface area contributed by atoms with Gasteiger partial charge in [0.15, 0.2) is 0 Å². The van der Waals surface area contributed by atoms with Crippen LogP contribution in [0.25, 0.3) is 0 Å². The van der Waals surface area contributed by atoms with Crippen LogP contribution in [-0.2, 0) is 10.0 Å². The van der Waals surface area contributed by atoms with Gasteiger partial charge < -0.3 is 5.11 Å². The third kappa shape index (κ3) is 3.32. The first-order chi connectivity index (χ1) is 8.94. The van der Waals surface area contributed by atoms with Crippen molar-refractivity contribution in [2.24, 2.45) is 0 Å². The van der Waals surface area contributed by atoms with Crippen LogP contribution in [0.2, 0.25) is 0 Å². The molecule has 0 aliphatic rings. The second-order valence-electron chi connectivity index (χ2n) is 4.36. The van der Waals surface area contributed by atoms with E-state index in [0.29, 0.717) is 12.8 Å². The molecule has 0 fully saturated rings. The number of nitrogens with one attached hydrogen (secondary N) is 1. The molecule has 0 aromatic heterocycles. The standard InChI is InChI=1S/C13H18N2O3S/c1-3-13(4-2,10-16)15-19(17,18)12-8-6-5-7-11(12)9-14/h5-8,15-16H,3-4,10H2,1-2H3. The predicted molar refractivity (Wildman–Crippen MR) is 71.9 cm³/mol. The number of nitriles is 1. The van der Waals surface area contributed by atoms with Gasteiger partial charge in [-0.05, 0) is 25.0 Å². The maximum absolute atomic E-state index is 12.3. The van der Waals surface area contributed by atoms with Gasteiger partial charge in [0.25, 0.3) is 0 Å². The molecular formula is C13H18N2O3S. The van der Waals surface area contributed by atoms with Crippen molar-refractivity contribution in [1.29, 1.82) is 5.26 Å². The van der Waals surface area contributed by atoms with Crippen LogP contribution in [0.5, 0.6) is 0 Å². The van der Waals surface area contributed by atoms with Gasteiger partial charge in [-0.3, -0.25) is 0 Å². The summed E-state index contributed by atoms with van der Waals surface area (Å²) < 4.78 is 27.2. The second kappa shape index (κ2) is 6.15. The van der Waals surface area contributed by atoms with E-state index in [1.165, 1.54) is 12.1 Å². The van der Waals surface area contributed by atoms with Gasteiger partial charge in [0.1, 0.15) is 6.07 Å². The molecule has 6 heteroatoms. The molecule has 1 rings (SSSR count). The Morgan fingerprint density at radius 1 is 1.32 bits per heavy atom. The van der Waals surface area contributed by atoms with Crippen LogP contribution in [-0.4, -0.2) is 25.7 Å². The fourth-order valence-corrected chi connectivity index (χ4v) is 3.48. The Balaban J connectivity index is 3.22. The molecule has 0 bridgehead atoms. The summed E-state index contributed by atoms with van der Waals surface area (Å²) in [7, 11) is -3.83. The van der Waals surface area contributed by atoms with Crippen molar-refractivity contribution >= 4 is 10.0 Å². The average Bonchev–Trinajstić information content (AvgIpc) is 2.45. The largest absolute Gasteiger partial charge is 0.394 e. The summed E-state index contributed by atoms with van der Waals surface area (Å²) in [5.41, 5.74) is -0.796. The summed E-state index contributed by atoms with van der Waals surface area (Å²) >= 11 is 0. The van der Waals surface area contributed by atoms with Crippen molar-refractivity contribution in [2.45, 2.75) is 37.1 Å². The first-order valence-corrected chi connectivity index (χ1v) is 7.57. The first kappa shape index (κ1) is 15.6. The zero-order chi connectivity index (χ0) is 14.5. The van der Waals surface area contributed by atoms with E-state index in [1.54, 1.807) is 26.0 Å². The van der Waals surface area contributed by atoms with Crippen molar-refractivity contribution in [3.05, 3.63) is 29.8 Å². The highest BCUT2D eigenvalue weighted by Crippen LogP contribution is 2.21. The zero-order valence-electron chi connectivity index (χ0n) is 11.0. The number of hydrogen-bond acceptors (Lipinski definition) is 4. The molecule has 1 aromatic rings. The Labute approximate surface area is 113 Å². The minimum absolute atomic E-state index is 0.0581. The van der Waals surface area contributed by atoms with Crippen molar-refractivity contribution in [3.63, 3.8) is 0 Å². The number of aliphatic hydroxyl groups is 1. The van der Waals surface area contributed by atoms with E-state index < -0.39 is 15.6 Å². The summed E-state index contributed by atoms with van der Waals surface area (Å²) in [5.74, 6) is 0. The van der Waals surface area contributed by atoms with Gasteiger partial charge >= 0.3 is 0 Å². The normalized spacial score (nSPS) is 12.1. The number of rotatable bonds is 6. The maximum Gasteiger partial charge on any atom is 0.242 e. The van der Waals surface area contributed by atoms with Crippen molar-refractivity contribution in [3.8, 4) is 6.07 Å². The van der Waals surface area contributed by atoms with E-state index in [0.717, 1.165) is 0 Å². The van der Waals surface area contributed by atoms with Crippen LogP contribution in [0.4, 0.5) is 0 Å². The molecule has 0 saturated heterocycles. The molecule has 0 amide bonds. The third-order valence-electron chi connectivity index (χ3n) is 3.30. The molecule has 0 saturated carbocycles. The summed E-state index contributed by atoms with van der Waals surface area (Å²) in [5, 5.41) is 18.4. The third-order valence-corrected chi connectivity index (χ3v) is 4.94. The van der Waals surface area contributed by atoms with Crippen LogP contribution in [0, 0.1) is 11.3 Å². The number of nitrogens with zero attached hydrogens (tertiary/aromatic N) is 1. The molecule has 104 valence electrons. The van der Waals surface area contributed by atoms with E-state index >= 15 is 0 Å². The number of hydrogen-bond donors (Lipinski definition) is 2. The Kier molecular flexibility index (Phi) is 5.06. The monoisotopic (exact) mass is 282 g/mol. The highest BCUT2D eigenvalue weighted by atomic mass is 32.2. The van der Waals surface area contributed by atoms with Crippen molar-refractivity contribution < 1.29 is 13.5 Å². The minimum Gasteiger partial charge on any atom is -0.394 e. The summed E-state index contributed by atoms with van der Waals surface area (Å²) in [4.78, 5) is -0.0581. The van der Waals surface area contributed by atoms with E-state index in [9.17, 15) is 13.5 Å². The highest BCUT2D eigenvalue weighted by molar-refractivity contribution is 7.89. The lowest BCUT2D eigenvalue weighted by Crippen LogP contribution is -2.50. The van der Waals surface area contributed by atoms with Gasteiger partial charge in [0.05, 0.1) is 22.6 Å². The Hall–Kier alpha value is -1.42. The molecule has 2 N–H and O–H groups in total. The van der Waals surface area contributed by atoms with Crippen molar-refractivity contribution in [2.75, 3.05) is 6.61 Å². The number of aliphatic hydroxyl groups excluding tert-OH is 1. The summed E-state index contributed by atoms with van der Waals surface area (Å²) in [6.07, 6.45) is 0.932. The molecule has 5 nitrogen and oxygen atoms in total. The fourth-order valence-electron chi connectivity index (χ4n) is 1.78. The lowest BCUT2D eigenvalue weighted by atomic mass is 9.96. The van der Waals surface area contributed by atoms with Gasteiger partial charge in [-0.1, -0.05) is 26.0 Å². The highest BCUT2D eigenvalue weighted by Gasteiger charge is 2.32. The van der Waals surface area contributed by atoms with Gasteiger partial charge in [-0.15, -0.1) is 0 Å². The molecule has 0 aliphatic carbocycles. The quantitative estimate of drug-likeness (QED) is 0.825. The van der Waals surface area contributed by atoms with Crippen LogP contribution in [0.3, 0.4) is 0 Å². The maximum atomic E-state index is 12.3. The van der Waals surface area contributed by atoms with Crippen LogP contribution in [0.15, 0.2) is 29.2 Å². The SMILES string of the molecule is CCC(CC)(CO)NS(=O)(=O)c1ccccc1C#N. The Bertz CT molecular complexity index is 564. The zero-order valence-corrected chi connectivity index (χ0v) is 11.9. The van der Waals surface area contributed by atoms with Gasteiger partial charge in [0.2, 0.25) is 10.0 Å². The summed E-state index contributed by atoms with van der Waals surface area (Å²) in [6, 6.07) is 7.87. The van der Waals surface area contributed by atoms with E-state index in [1.807, 2.05) is 6.07 Å². The topological polar surface area (TPSA) is 90.2 Å². The molecule has 0 spiro atoms. The second-order valence-corrected chi connectivity index (χ2v) is 6.01. The van der Waals surface area contributed by atoms with Crippen LogP contribution in [0.1, 0.15) is 32.3 Å². The Morgan fingerprint density at radius 2 is 1.89 bits per heavy atom. The average molecular weight is 282 g/mol. The summed E-state index contributed by atoms with van der Waals surface area (Å²) in [6.45, 7) is 3.32. The molecule has 0 aliphatic heterocycles. The molecule has 0 heterocycles. The van der Waals surface area contributed by atoms with Crippen LogP contribution >= 0.6 is 0 Å². The molecular weight excluding hydrogens is 264 g/mol. The molecule has 0 radical (unpaired) electrons. The fraction of sp³-hybridized carbons (Fsp3) is 0.462. The molecule has 0 atom stereocenters. The van der Waals surface area contributed by atoms with E-state index in [4.69, 9.17) is 5.26 Å². The number of sulfonamides is 1. The molecule has 19 heavy (non-hydrogen) atoms.